The molecule has 2 N–H and O–H groups in total. The molecule has 1 aliphatic rings. The normalized spacial score (nSPS) is 13.2. The highest BCUT2D eigenvalue weighted by molar-refractivity contribution is 5.79. The molecule has 1 atom stereocenters. The maximum absolute atomic E-state index is 12.2. The van der Waals surface area contributed by atoms with Crippen molar-refractivity contribution in [3.8, 4) is 11.1 Å². The molecule has 0 aromatic heterocycles. The number of benzene rings is 2. The van der Waals surface area contributed by atoms with Crippen LogP contribution in [0.4, 0.5) is 4.79 Å². The fourth-order valence-electron chi connectivity index (χ4n) is 3.77. The summed E-state index contributed by atoms with van der Waals surface area (Å²) in [6.07, 6.45) is 2.05. The van der Waals surface area contributed by atoms with E-state index in [1.54, 1.807) is 6.08 Å². The maximum Gasteiger partial charge on any atom is 0.407 e. The third-order valence-electron chi connectivity index (χ3n) is 5.26. The van der Waals surface area contributed by atoms with Crippen LogP contribution in [0.5, 0.6) is 0 Å². The molecule has 30 heavy (non-hydrogen) atoms. The monoisotopic (exact) mass is 409 g/mol. The fraction of sp³-hybridized carbons (Fsp3) is 0.333. The quantitative estimate of drug-likeness (QED) is 0.429. The maximum atomic E-state index is 12.2. The Labute approximate surface area is 176 Å². The molecule has 0 aliphatic heterocycles. The number of carbonyl (C=O) groups is 2. The van der Waals surface area contributed by atoms with Gasteiger partial charge in [0.1, 0.15) is 6.61 Å². The van der Waals surface area contributed by atoms with Crippen molar-refractivity contribution in [1.29, 1.82) is 0 Å². The van der Waals surface area contributed by atoms with Gasteiger partial charge in [-0.25, -0.2) is 4.79 Å². The first kappa shape index (κ1) is 21.6. The molecule has 0 saturated heterocycles. The topological polar surface area (TPSA) is 84.9 Å². The molecule has 1 amide bonds. The number of carboxylic acids is 1. The average molecular weight is 409 g/mol. The van der Waals surface area contributed by atoms with Crippen molar-refractivity contribution in [2.45, 2.75) is 18.8 Å². The predicted molar refractivity (Wildman–Crippen MR) is 114 cm³/mol. The van der Waals surface area contributed by atoms with E-state index in [4.69, 9.17) is 9.47 Å². The number of carbonyl (C=O) groups excluding carboxylic acids is 1. The number of rotatable bonds is 11. The lowest BCUT2D eigenvalue weighted by molar-refractivity contribution is -0.141. The van der Waals surface area contributed by atoms with Gasteiger partial charge in [-0.15, -0.1) is 6.58 Å². The van der Waals surface area contributed by atoms with Gasteiger partial charge in [-0.2, -0.15) is 0 Å². The van der Waals surface area contributed by atoms with Crippen molar-refractivity contribution >= 4 is 12.1 Å². The Morgan fingerprint density at radius 3 is 2.33 bits per heavy atom. The Hall–Kier alpha value is -3.12. The molecule has 6 nitrogen and oxygen atoms in total. The molecule has 158 valence electrons. The summed E-state index contributed by atoms with van der Waals surface area (Å²) in [5.74, 6) is -1.66. The first-order valence-electron chi connectivity index (χ1n) is 10.1. The van der Waals surface area contributed by atoms with Crippen LogP contribution in [0.1, 0.15) is 29.9 Å². The molecule has 0 fully saturated rings. The lowest BCUT2D eigenvalue weighted by atomic mass is 9.98. The van der Waals surface area contributed by atoms with Crippen LogP contribution in [-0.2, 0) is 14.3 Å². The Morgan fingerprint density at radius 2 is 1.73 bits per heavy atom. The van der Waals surface area contributed by atoms with Gasteiger partial charge in [0.05, 0.1) is 12.5 Å². The lowest BCUT2D eigenvalue weighted by Crippen LogP contribution is -2.34. The van der Waals surface area contributed by atoms with E-state index in [1.165, 1.54) is 0 Å². The van der Waals surface area contributed by atoms with Gasteiger partial charge < -0.3 is 19.9 Å². The van der Waals surface area contributed by atoms with E-state index in [0.717, 1.165) is 22.3 Å². The minimum absolute atomic E-state index is 0.0213. The molecule has 0 bridgehead atoms. The third-order valence-corrected chi connectivity index (χ3v) is 5.26. The van der Waals surface area contributed by atoms with Gasteiger partial charge >= 0.3 is 12.1 Å². The molecular formula is C24H27NO5. The molecule has 6 heteroatoms. The Balaban J connectivity index is 1.51. The molecule has 2 aromatic rings. The van der Waals surface area contributed by atoms with Crippen LogP contribution in [0.3, 0.4) is 0 Å². The molecule has 1 aliphatic carbocycles. The van der Waals surface area contributed by atoms with Crippen molar-refractivity contribution in [3.05, 3.63) is 72.3 Å². The zero-order valence-corrected chi connectivity index (χ0v) is 16.9. The van der Waals surface area contributed by atoms with E-state index in [1.807, 2.05) is 24.3 Å². The van der Waals surface area contributed by atoms with Crippen LogP contribution in [0.2, 0.25) is 0 Å². The summed E-state index contributed by atoms with van der Waals surface area (Å²) in [5, 5.41) is 11.9. The third kappa shape index (κ3) is 5.27. The molecule has 3 rings (SSSR count). The minimum atomic E-state index is -0.947. The van der Waals surface area contributed by atoms with E-state index in [9.17, 15) is 14.7 Å². The highest BCUT2D eigenvalue weighted by Gasteiger charge is 2.29. The number of fused-ring (bicyclic) bond motifs is 3. The van der Waals surface area contributed by atoms with Crippen molar-refractivity contribution < 1.29 is 24.2 Å². The SMILES string of the molecule is C=CCOCCC[C@H](CNC(=O)OCC1c2ccccc2-c2ccccc21)C(=O)O. The van der Waals surface area contributed by atoms with Crippen molar-refractivity contribution in [3.63, 3.8) is 0 Å². The molecule has 0 spiro atoms. The number of hydrogen-bond donors (Lipinski definition) is 2. The van der Waals surface area contributed by atoms with Crippen LogP contribution in [-0.4, -0.2) is 43.5 Å². The first-order chi connectivity index (χ1) is 14.6. The van der Waals surface area contributed by atoms with Crippen molar-refractivity contribution in [2.75, 3.05) is 26.4 Å². The second kappa shape index (κ2) is 10.6. The lowest BCUT2D eigenvalue weighted by Gasteiger charge is -2.16. The smallest absolute Gasteiger partial charge is 0.407 e. The Kier molecular flexibility index (Phi) is 7.63. The van der Waals surface area contributed by atoms with Gasteiger partial charge in [-0.05, 0) is 35.1 Å². The zero-order valence-electron chi connectivity index (χ0n) is 16.9. The van der Waals surface area contributed by atoms with Crippen LogP contribution < -0.4 is 5.32 Å². The van der Waals surface area contributed by atoms with E-state index in [-0.39, 0.29) is 19.1 Å². The van der Waals surface area contributed by atoms with Gasteiger partial charge in [0, 0.05) is 19.1 Å². The Bertz CT molecular complexity index is 849. The van der Waals surface area contributed by atoms with Gasteiger partial charge in [0.25, 0.3) is 0 Å². The fourth-order valence-corrected chi connectivity index (χ4v) is 3.77. The van der Waals surface area contributed by atoms with Crippen LogP contribution in [0, 0.1) is 5.92 Å². The summed E-state index contributed by atoms with van der Waals surface area (Å²) in [6, 6.07) is 16.2. The number of amides is 1. The highest BCUT2D eigenvalue weighted by atomic mass is 16.5. The second-order valence-electron chi connectivity index (χ2n) is 7.25. The summed E-state index contributed by atoms with van der Waals surface area (Å²) < 4.78 is 10.7. The molecular weight excluding hydrogens is 382 g/mol. The molecule has 2 aromatic carbocycles. The number of carboxylic acid groups (broad SMARTS) is 1. The highest BCUT2D eigenvalue weighted by Crippen LogP contribution is 2.44. The van der Waals surface area contributed by atoms with Crippen LogP contribution in [0.25, 0.3) is 11.1 Å². The second-order valence-corrected chi connectivity index (χ2v) is 7.25. The summed E-state index contributed by atoms with van der Waals surface area (Å²) in [5.41, 5.74) is 4.59. The number of alkyl carbamates (subject to hydrolysis) is 1. The minimum Gasteiger partial charge on any atom is -0.481 e. The van der Waals surface area contributed by atoms with E-state index >= 15 is 0 Å². The van der Waals surface area contributed by atoms with Gasteiger partial charge in [0.2, 0.25) is 0 Å². The van der Waals surface area contributed by atoms with Crippen molar-refractivity contribution in [1.82, 2.24) is 5.32 Å². The average Bonchev–Trinajstić information content (AvgIpc) is 3.07. The first-order valence-corrected chi connectivity index (χ1v) is 10.1. The molecule has 0 radical (unpaired) electrons. The largest absolute Gasteiger partial charge is 0.481 e. The summed E-state index contributed by atoms with van der Waals surface area (Å²) in [6.45, 7) is 4.68. The molecule has 0 heterocycles. The van der Waals surface area contributed by atoms with Crippen LogP contribution >= 0.6 is 0 Å². The van der Waals surface area contributed by atoms with E-state index in [2.05, 4.69) is 36.2 Å². The molecule has 0 saturated carbocycles. The van der Waals surface area contributed by atoms with Crippen molar-refractivity contribution in [2.24, 2.45) is 5.92 Å². The van der Waals surface area contributed by atoms with Crippen LogP contribution in [0.15, 0.2) is 61.2 Å². The zero-order chi connectivity index (χ0) is 21.3. The number of aliphatic carboxylic acids is 1. The summed E-state index contributed by atoms with van der Waals surface area (Å²) in [7, 11) is 0. The molecule has 0 unspecified atom stereocenters. The predicted octanol–water partition coefficient (Wildman–Crippen LogP) is 4.21. The summed E-state index contributed by atoms with van der Waals surface area (Å²) in [4.78, 5) is 23.6. The standard InChI is InChI=1S/C24H27NO5/c1-2-13-29-14-7-8-17(23(26)27)15-25-24(28)30-16-22-20-11-5-3-9-18(20)19-10-4-6-12-21(19)22/h2-6,9-12,17,22H,1,7-8,13-16H2,(H,25,28)(H,26,27)/t17-/m1/s1. The number of hydrogen-bond acceptors (Lipinski definition) is 4. The van der Waals surface area contributed by atoms with E-state index in [0.29, 0.717) is 26.1 Å². The van der Waals surface area contributed by atoms with Gasteiger partial charge in [-0.1, -0.05) is 54.6 Å². The van der Waals surface area contributed by atoms with Gasteiger partial charge in [0.15, 0.2) is 0 Å². The number of ether oxygens (including phenoxy) is 2. The van der Waals surface area contributed by atoms with Gasteiger partial charge in [-0.3, -0.25) is 4.79 Å². The van der Waals surface area contributed by atoms with E-state index < -0.39 is 18.0 Å². The summed E-state index contributed by atoms with van der Waals surface area (Å²) >= 11 is 0. The Morgan fingerprint density at radius 1 is 1.10 bits per heavy atom. The number of nitrogens with one attached hydrogen (secondary N) is 1.